The van der Waals surface area contributed by atoms with Gasteiger partial charge >= 0.3 is 0 Å². The lowest BCUT2D eigenvalue weighted by Gasteiger charge is -2.15. The van der Waals surface area contributed by atoms with Gasteiger partial charge in [-0.3, -0.25) is 9.48 Å². The molecule has 3 aromatic heterocycles. The van der Waals surface area contributed by atoms with Crippen LogP contribution in [0.5, 0.6) is 5.75 Å². The van der Waals surface area contributed by atoms with Crippen LogP contribution in [0.3, 0.4) is 0 Å². The molecule has 0 saturated carbocycles. The fraction of sp³-hybridized carbons (Fsp3) is 0.273. The predicted molar refractivity (Wildman–Crippen MR) is 117 cm³/mol. The van der Waals surface area contributed by atoms with Crippen molar-refractivity contribution in [2.75, 3.05) is 18.2 Å². The second kappa shape index (κ2) is 7.42. The quantitative estimate of drug-likeness (QED) is 0.516. The highest BCUT2D eigenvalue weighted by Gasteiger charge is 2.25. The van der Waals surface area contributed by atoms with Gasteiger partial charge in [0.15, 0.2) is 5.82 Å². The van der Waals surface area contributed by atoms with E-state index in [1.54, 1.807) is 11.8 Å². The number of hydrogen-bond donors (Lipinski definition) is 2. The summed E-state index contributed by atoms with van der Waals surface area (Å²) in [5.74, 6) is 0.858. The summed E-state index contributed by atoms with van der Waals surface area (Å²) in [5.41, 5.74) is 12.6. The Balaban J connectivity index is 1.51. The summed E-state index contributed by atoms with van der Waals surface area (Å²) >= 11 is 0. The molecular formula is C22H23N7O2. The van der Waals surface area contributed by atoms with Crippen LogP contribution in [0.1, 0.15) is 23.4 Å². The number of nitrogen functional groups attached to an aromatic ring is 1. The molecule has 31 heavy (non-hydrogen) atoms. The highest BCUT2D eigenvalue weighted by Crippen LogP contribution is 2.37. The number of hydrogen-bond acceptors (Lipinski definition) is 6. The van der Waals surface area contributed by atoms with E-state index in [4.69, 9.17) is 10.5 Å². The van der Waals surface area contributed by atoms with Crippen molar-refractivity contribution in [3.05, 3.63) is 53.7 Å². The number of aryl methyl sites for hydroxylation is 2. The van der Waals surface area contributed by atoms with E-state index < -0.39 is 0 Å². The maximum atomic E-state index is 12.5. The smallest absolute Gasteiger partial charge is 0.230 e. The van der Waals surface area contributed by atoms with E-state index in [2.05, 4.69) is 25.0 Å². The minimum atomic E-state index is -0.158. The summed E-state index contributed by atoms with van der Waals surface area (Å²) in [4.78, 5) is 21.2. The number of rotatable bonds is 5. The fourth-order valence-corrected chi connectivity index (χ4v) is 4.32. The van der Waals surface area contributed by atoms with E-state index in [-0.39, 0.29) is 12.3 Å². The van der Waals surface area contributed by atoms with E-state index >= 15 is 0 Å². The standard InChI is InChI=1S/C22H23N7O2/c1-28-9-8-13(27-28)10-19(30)26-16-7-6-14(11-18(16)31-2)29-17-5-3-4-15(17)20-21(29)22(23)25-12-24-20/h6-9,11-12H,3-5,10H2,1-2H3,(H,26,30)(H2,23,24,25). The van der Waals surface area contributed by atoms with Crippen LogP contribution in [0.15, 0.2) is 36.8 Å². The van der Waals surface area contributed by atoms with Gasteiger partial charge in [0.25, 0.3) is 0 Å². The predicted octanol–water partition coefficient (Wildman–Crippen LogP) is 2.41. The van der Waals surface area contributed by atoms with Crippen molar-refractivity contribution < 1.29 is 9.53 Å². The number of fused-ring (bicyclic) bond motifs is 3. The van der Waals surface area contributed by atoms with Crippen LogP contribution in [0, 0.1) is 0 Å². The molecule has 1 aliphatic carbocycles. The molecule has 0 unspecified atom stereocenters. The Morgan fingerprint density at radius 2 is 2.13 bits per heavy atom. The molecule has 1 aromatic carbocycles. The van der Waals surface area contributed by atoms with Gasteiger partial charge in [0.05, 0.1) is 30.4 Å². The summed E-state index contributed by atoms with van der Waals surface area (Å²) < 4.78 is 9.38. The molecule has 0 spiro atoms. The monoisotopic (exact) mass is 417 g/mol. The molecule has 1 amide bonds. The lowest BCUT2D eigenvalue weighted by atomic mass is 10.2. The first-order valence-electron chi connectivity index (χ1n) is 10.1. The van der Waals surface area contributed by atoms with Gasteiger partial charge in [-0.25, -0.2) is 9.97 Å². The maximum Gasteiger partial charge on any atom is 0.230 e. The van der Waals surface area contributed by atoms with Crippen LogP contribution in [-0.4, -0.2) is 37.3 Å². The second-order valence-corrected chi connectivity index (χ2v) is 7.66. The van der Waals surface area contributed by atoms with Crippen LogP contribution >= 0.6 is 0 Å². The molecule has 0 atom stereocenters. The Kier molecular flexibility index (Phi) is 4.58. The van der Waals surface area contributed by atoms with Gasteiger partial charge in [0, 0.05) is 30.7 Å². The first-order chi connectivity index (χ1) is 15.0. The second-order valence-electron chi connectivity index (χ2n) is 7.66. The van der Waals surface area contributed by atoms with Crippen molar-refractivity contribution in [1.82, 2.24) is 24.3 Å². The zero-order chi connectivity index (χ0) is 21.5. The molecule has 9 heteroatoms. The Bertz CT molecular complexity index is 1300. The van der Waals surface area contributed by atoms with E-state index in [0.717, 1.165) is 36.0 Å². The molecule has 0 bridgehead atoms. The highest BCUT2D eigenvalue weighted by molar-refractivity contribution is 5.94. The largest absolute Gasteiger partial charge is 0.494 e. The molecule has 158 valence electrons. The number of carbonyl (C=O) groups excluding carboxylic acids is 1. The molecule has 9 nitrogen and oxygen atoms in total. The Hall–Kier alpha value is -3.88. The number of anilines is 2. The normalized spacial score (nSPS) is 12.8. The number of nitrogens with zero attached hydrogens (tertiary/aromatic N) is 5. The first-order valence-corrected chi connectivity index (χ1v) is 10.1. The van der Waals surface area contributed by atoms with Crippen LogP contribution in [0.4, 0.5) is 11.5 Å². The summed E-state index contributed by atoms with van der Waals surface area (Å²) in [6.45, 7) is 0. The summed E-state index contributed by atoms with van der Waals surface area (Å²) in [7, 11) is 3.41. The third kappa shape index (κ3) is 3.27. The van der Waals surface area contributed by atoms with E-state index in [0.29, 0.717) is 22.9 Å². The fourth-order valence-electron chi connectivity index (χ4n) is 4.32. The van der Waals surface area contributed by atoms with Gasteiger partial charge in [0.2, 0.25) is 5.91 Å². The number of benzene rings is 1. The lowest BCUT2D eigenvalue weighted by molar-refractivity contribution is -0.115. The highest BCUT2D eigenvalue weighted by atomic mass is 16.5. The van der Waals surface area contributed by atoms with Crippen LogP contribution in [-0.2, 0) is 31.1 Å². The molecule has 3 heterocycles. The summed E-state index contributed by atoms with van der Waals surface area (Å²) in [5, 5.41) is 7.17. The van der Waals surface area contributed by atoms with Gasteiger partial charge in [-0.2, -0.15) is 5.10 Å². The minimum absolute atomic E-state index is 0.158. The maximum absolute atomic E-state index is 12.5. The lowest BCUT2D eigenvalue weighted by Crippen LogP contribution is -2.15. The van der Waals surface area contributed by atoms with Crippen LogP contribution in [0.2, 0.25) is 0 Å². The third-order valence-electron chi connectivity index (χ3n) is 5.65. The molecule has 4 aromatic rings. The molecule has 1 aliphatic rings. The molecule has 0 aliphatic heterocycles. The van der Waals surface area contributed by atoms with Gasteiger partial charge in [-0.05, 0) is 43.0 Å². The van der Waals surface area contributed by atoms with Gasteiger partial charge in [0.1, 0.15) is 17.6 Å². The van der Waals surface area contributed by atoms with Crippen LogP contribution in [0.25, 0.3) is 16.7 Å². The molecule has 3 N–H and O–H groups in total. The zero-order valence-corrected chi connectivity index (χ0v) is 17.4. The Labute approximate surface area is 178 Å². The molecular weight excluding hydrogens is 394 g/mol. The zero-order valence-electron chi connectivity index (χ0n) is 17.4. The summed E-state index contributed by atoms with van der Waals surface area (Å²) in [6, 6.07) is 7.52. The van der Waals surface area contributed by atoms with Crippen molar-refractivity contribution in [3.63, 3.8) is 0 Å². The van der Waals surface area contributed by atoms with Crippen molar-refractivity contribution >= 4 is 28.4 Å². The molecule has 0 fully saturated rings. The number of carbonyl (C=O) groups is 1. The van der Waals surface area contributed by atoms with Crippen LogP contribution < -0.4 is 15.8 Å². The number of nitrogens with two attached hydrogens (primary N) is 1. The van der Waals surface area contributed by atoms with Crippen molar-refractivity contribution in [2.45, 2.75) is 25.7 Å². The number of nitrogens with one attached hydrogen (secondary N) is 1. The Morgan fingerprint density at radius 1 is 1.26 bits per heavy atom. The van der Waals surface area contributed by atoms with Gasteiger partial charge < -0.3 is 20.4 Å². The van der Waals surface area contributed by atoms with Crippen molar-refractivity contribution in [1.29, 1.82) is 0 Å². The first kappa shape index (κ1) is 19.1. The molecule has 5 rings (SSSR count). The average Bonchev–Trinajstić information content (AvgIpc) is 3.45. The molecule has 0 radical (unpaired) electrons. The van der Waals surface area contributed by atoms with E-state index in [1.165, 1.54) is 17.6 Å². The van der Waals surface area contributed by atoms with Crippen molar-refractivity contribution in [2.24, 2.45) is 7.05 Å². The SMILES string of the molecule is COc1cc(-n2c3c(c4ncnc(N)c42)CCC3)ccc1NC(=O)Cc1ccn(C)n1. The average molecular weight is 417 g/mol. The Morgan fingerprint density at radius 3 is 2.90 bits per heavy atom. The molecule has 0 saturated heterocycles. The number of ether oxygens (including phenoxy) is 1. The van der Waals surface area contributed by atoms with E-state index in [1.807, 2.05) is 37.5 Å². The number of amides is 1. The number of methoxy groups -OCH3 is 1. The summed E-state index contributed by atoms with van der Waals surface area (Å²) in [6.07, 6.45) is 6.54. The minimum Gasteiger partial charge on any atom is -0.494 e. The van der Waals surface area contributed by atoms with Gasteiger partial charge in [-0.15, -0.1) is 0 Å². The van der Waals surface area contributed by atoms with Gasteiger partial charge in [-0.1, -0.05) is 0 Å². The topological polar surface area (TPSA) is 113 Å². The van der Waals surface area contributed by atoms with E-state index in [9.17, 15) is 4.79 Å². The third-order valence-corrected chi connectivity index (χ3v) is 5.65. The number of aromatic nitrogens is 5. The van der Waals surface area contributed by atoms with Crippen molar-refractivity contribution in [3.8, 4) is 11.4 Å².